The van der Waals surface area contributed by atoms with E-state index in [4.69, 9.17) is 16.7 Å². The molecule has 1 aromatic rings. The molecule has 0 atom stereocenters. The number of nitrogens with zero attached hydrogens (tertiary/aromatic N) is 2. The Labute approximate surface area is 113 Å². The first-order valence-corrected chi connectivity index (χ1v) is 6.27. The number of carbonyl (C=O) groups is 1. The molecule has 102 valence electrons. The molecule has 0 radical (unpaired) electrons. The van der Waals surface area contributed by atoms with Gasteiger partial charge in [-0.15, -0.1) is 0 Å². The molecule has 0 bridgehead atoms. The molecule has 0 fully saturated rings. The van der Waals surface area contributed by atoms with Gasteiger partial charge in [-0.25, -0.2) is 0 Å². The molecule has 5 nitrogen and oxygen atoms in total. The van der Waals surface area contributed by atoms with Crippen molar-refractivity contribution in [1.29, 1.82) is 5.26 Å². The van der Waals surface area contributed by atoms with E-state index >= 15 is 0 Å². The predicted octanol–water partition coefficient (Wildman–Crippen LogP) is 1.74. The summed E-state index contributed by atoms with van der Waals surface area (Å²) >= 11 is 0. The predicted molar refractivity (Wildman–Crippen MR) is 76.7 cm³/mol. The van der Waals surface area contributed by atoms with Gasteiger partial charge >= 0.3 is 0 Å². The zero-order chi connectivity index (χ0) is 14.4. The summed E-state index contributed by atoms with van der Waals surface area (Å²) in [4.78, 5) is 13.4. The van der Waals surface area contributed by atoms with Crippen LogP contribution in [-0.4, -0.2) is 19.0 Å². The monoisotopic (exact) mass is 260 g/mol. The van der Waals surface area contributed by atoms with Crippen LogP contribution in [0, 0.1) is 17.2 Å². The van der Waals surface area contributed by atoms with Crippen LogP contribution in [0.15, 0.2) is 18.2 Å². The standard InChI is InChI=1S/C14H20N4O/c1-10(2)9-18(7-3-6-15)11-4-5-13(16)12(8-11)14(17)19/h4-5,8,10H,3,7,9,16H2,1-2H3,(H2,17,19). The van der Waals surface area contributed by atoms with Crippen molar-refractivity contribution in [1.82, 2.24) is 0 Å². The molecule has 5 heteroatoms. The Bertz CT molecular complexity index is 491. The van der Waals surface area contributed by atoms with Crippen molar-refractivity contribution in [2.24, 2.45) is 11.7 Å². The first-order valence-electron chi connectivity index (χ1n) is 6.27. The third kappa shape index (κ3) is 4.18. The molecule has 0 saturated heterocycles. The van der Waals surface area contributed by atoms with E-state index in [0.717, 1.165) is 12.2 Å². The SMILES string of the molecule is CC(C)CN(CCC#N)c1ccc(N)c(C(N)=O)c1. The quantitative estimate of drug-likeness (QED) is 0.761. The number of primary amides is 1. The number of nitrogen functional groups attached to an aromatic ring is 1. The van der Waals surface area contributed by atoms with E-state index in [0.29, 0.717) is 30.1 Å². The molecule has 1 aromatic carbocycles. The van der Waals surface area contributed by atoms with E-state index in [2.05, 4.69) is 24.8 Å². The molecule has 4 N–H and O–H groups in total. The van der Waals surface area contributed by atoms with Crippen molar-refractivity contribution in [3.63, 3.8) is 0 Å². The normalized spacial score (nSPS) is 10.2. The minimum atomic E-state index is -0.538. The highest BCUT2D eigenvalue weighted by atomic mass is 16.1. The Hall–Kier alpha value is -2.22. The summed E-state index contributed by atoms with van der Waals surface area (Å²) in [6.07, 6.45) is 0.434. The van der Waals surface area contributed by atoms with Crippen molar-refractivity contribution in [3.8, 4) is 6.07 Å². The molecule has 0 aliphatic carbocycles. The number of hydrogen-bond donors (Lipinski definition) is 2. The van der Waals surface area contributed by atoms with Crippen molar-refractivity contribution in [3.05, 3.63) is 23.8 Å². The maximum Gasteiger partial charge on any atom is 0.250 e. The number of nitriles is 1. The largest absolute Gasteiger partial charge is 0.398 e. The zero-order valence-electron chi connectivity index (χ0n) is 11.4. The lowest BCUT2D eigenvalue weighted by Crippen LogP contribution is -2.29. The molecule has 0 aliphatic rings. The minimum Gasteiger partial charge on any atom is -0.398 e. The number of carbonyl (C=O) groups excluding carboxylic acids is 1. The van der Waals surface area contributed by atoms with Crippen LogP contribution in [0.25, 0.3) is 0 Å². The average molecular weight is 260 g/mol. The molecular formula is C14H20N4O. The van der Waals surface area contributed by atoms with E-state index in [1.807, 2.05) is 6.07 Å². The summed E-state index contributed by atoms with van der Waals surface area (Å²) in [5.41, 5.74) is 12.6. The second kappa shape index (κ2) is 6.64. The van der Waals surface area contributed by atoms with Crippen LogP contribution in [0.5, 0.6) is 0 Å². The number of nitrogens with two attached hydrogens (primary N) is 2. The smallest absolute Gasteiger partial charge is 0.250 e. The Morgan fingerprint density at radius 3 is 2.68 bits per heavy atom. The summed E-state index contributed by atoms with van der Waals surface area (Å²) in [5.74, 6) is -0.0857. The first-order chi connectivity index (χ1) is 8.95. The number of benzene rings is 1. The van der Waals surface area contributed by atoms with Gasteiger partial charge in [0.05, 0.1) is 18.1 Å². The van der Waals surface area contributed by atoms with Crippen LogP contribution in [0.4, 0.5) is 11.4 Å². The van der Waals surface area contributed by atoms with Gasteiger partial charge in [-0.1, -0.05) is 13.8 Å². The number of rotatable bonds is 6. The van der Waals surface area contributed by atoms with Crippen molar-refractivity contribution in [2.45, 2.75) is 20.3 Å². The second-order valence-corrected chi connectivity index (χ2v) is 4.88. The maximum absolute atomic E-state index is 11.3. The number of amides is 1. The lowest BCUT2D eigenvalue weighted by Gasteiger charge is -2.26. The molecule has 1 rings (SSSR count). The third-order valence-corrected chi connectivity index (χ3v) is 2.75. The van der Waals surface area contributed by atoms with Crippen LogP contribution >= 0.6 is 0 Å². The average Bonchev–Trinajstić information content (AvgIpc) is 2.34. The summed E-state index contributed by atoms with van der Waals surface area (Å²) in [6, 6.07) is 7.35. The highest BCUT2D eigenvalue weighted by Crippen LogP contribution is 2.22. The van der Waals surface area contributed by atoms with Gasteiger partial charge in [-0.05, 0) is 24.1 Å². The van der Waals surface area contributed by atoms with E-state index in [-0.39, 0.29) is 0 Å². The van der Waals surface area contributed by atoms with Gasteiger partial charge < -0.3 is 16.4 Å². The second-order valence-electron chi connectivity index (χ2n) is 4.88. The Kier molecular flexibility index (Phi) is 5.19. The van der Waals surface area contributed by atoms with Crippen LogP contribution in [0.3, 0.4) is 0 Å². The maximum atomic E-state index is 11.3. The lowest BCUT2D eigenvalue weighted by molar-refractivity contribution is 0.100. The fourth-order valence-corrected chi connectivity index (χ4v) is 1.91. The summed E-state index contributed by atoms with van der Waals surface area (Å²) in [6.45, 7) is 5.64. The number of anilines is 2. The summed E-state index contributed by atoms with van der Waals surface area (Å²) < 4.78 is 0. The Morgan fingerprint density at radius 2 is 2.16 bits per heavy atom. The Morgan fingerprint density at radius 1 is 1.47 bits per heavy atom. The summed E-state index contributed by atoms with van der Waals surface area (Å²) in [5, 5.41) is 8.71. The van der Waals surface area contributed by atoms with E-state index in [9.17, 15) is 4.79 Å². The van der Waals surface area contributed by atoms with Crippen molar-refractivity contribution in [2.75, 3.05) is 23.7 Å². The fourth-order valence-electron chi connectivity index (χ4n) is 1.91. The van der Waals surface area contributed by atoms with Crippen molar-refractivity contribution >= 4 is 17.3 Å². The molecule has 0 heterocycles. The van der Waals surface area contributed by atoms with Gasteiger partial charge in [0.2, 0.25) is 0 Å². The van der Waals surface area contributed by atoms with E-state index < -0.39 is 5.91 Å². The molecule has 0 aliphatic heterocycles. The molecule has 0 aromatic heterocycles. The summed E-state index contributed by atoms with van der Waals surface area (Å²) in [7, 11) is 0. The van der Waals surface area contributed by atoms with Gasteiger partial charge in [0, 0.05) is 24.5 Å². The molecule has 0 saturated carbocycles. The Balaban J connectivity index is 3.04. The van der Waals surface area contributed by atoms with Gasteiger partial charge in [0.15, 0.2) is 0 Å². The third-order valence-electron chi connectivity index (χ3n) is 2.75. The highest BCUT2D eigenvalue weighted by molar-refractivity contribution is 5.99. The minimum absolute atomic E-state index is 0.322. The van der Waals surface area contributed by atoms with E-state index in [1.54, 1.807) is 12.1 Å². The van der Waals surface area contributed by atoms with Crippen LogP contribution in [-0.2, 0) is 0 Å². The van der Waals surface area contributed by atoms with Gasteiger partial charge in [0.1, 0.15) is 0 Å². The molecule has 0 unspecified atom stereocenters. The van der Waals surface area contributed by atoms with Gasteiger partial charge in [0.25, 0.3) is 5.91 Å². The number of hydrogen-bond acceptors (Lipinski definition) is 4. The molecule has 0 spiro atoms. The van der Waals surface area contributed by atoms with Gasteiger partial charge in [-0.2, -0.15) is 5.26 Å². The van der Waals surface area contributed by atoms with Gasteiger partial charge in [-0.3, -0.25) is 4.79 Å². The van der Waals surface area contributed by atoms with Crippen LogP contribution in [0.1, 0.15) is 30.6 Å². The van der Waals surface area contributed by atoms with Crippen LogP contribution < -0.4 is 16.4 Å². The molecule has 1 amide bonds. The zero-order valence-corrected chi connectivity index (χ0v) is 11.4. The highest BCUT2D eigenvalue weighted by Gasteiger charge is 2.12. The molecular weight excluding hydrogens is 240 g/mol. The fraction of sp³-hybridized carbons (Fsp3) is 0.429. The van der Waals surface area contributed by atoms with Crippen LogP contribution in [0.2, 0.25) is 0 Å². The van der Waals surface area contributed by atoms with E-state index in [1.165, 1.54) is 0 Å². The first kappa shape index (κ1) is 14.8. The van der Waals surface area contributed by atoms with Crippen molar-refractivity contribution < 1.29 is 4.79 Å². The lowest BCUT2D eigenvalue weighted by atomic mass is 10.1. The molecule has 19 heavy (non-hydrogen) atoms. The topological polar surface area (TPSA) is 96.1 Å².